The zero-order valence-corrected chi connectivity index (χ0v) is 9.37. The van der Waals surface area contributed by atoms with Gasteiger partial charge in [-0.3, -0.25) is 4.68 Å². The standard InChI is InChI=1S/C10H19N3O/c1-7-8(2)12-13(9(7)3)5-10(11)6-14-4/h10H,5-6,11H2,1-4H3. The molecule has 14 heavy (non-hydrogen) atoms. The van der Waals surface area contributed by atoms with Gasteiger partial charge < -0.3 is 10.5 Å². The van der Waals surface area contributed by atoms with E-state index in [0.29, 0.717) is 13.2 Å². The molecule has 1 unspecified atom stereocenters. The smallest absolute Gasteiger partial charge is 0.0631 e. The maximum Gasteiger partial charge on any atom is 0.0631 e. The molecule has 1 rings (SSSR count). The number of rotatable bonds is 4. The summed E-state index contributed by atoms with van der Waals surface area (Å²) in [6.07, 6.45) is 0. The van der Waals surface area contributed by atoms with Gasteiger partial charge in [-0.1, -0.05) is 0 Å². The highest BCUT2D eigenvalue weighted by atomic mass is 16.5. The zero-order chi connectivity index (χ0) is 10.7. The maximum atomic E-state index is 5.86. The predicted octanol–water partition coefficient (Wildman–Crippen LogP) is 0.782. The number of nitrogens with two attached hydrogens (primary N) is 1. The Morgan fingerprint density at radius 1 is 1.43 bits per heavy atom. The van der Waals surface area contributed by atoms with E-state index < -0.39 is 0 Å². The summed E-state index contributed by atoms with van der Waals surface area (Å²) in [7, 11) is 1.66. The molecule has 0 aromatic carbocycles. The molecule has 2 N–H and O–H groups in total. The lowest BCUT2D eigenvalue weighted by atomic mass is 10.2. The largest absolute Gasteiger partial charge is 0.383 e. The van der Waals surface area contributed by atoms with Crippen LogP contribution in [0.4, 0.5) is 0 Å². The van der Waals surface area contributed by atoms with Crippen molar-refractivity contribution in [3.8, 4) is 0 Å². The van der Waals surface area contributed by atoms with Gasteiger partial charge in [0.15, 0.2) is 0 Å². The second kappa shape index (κ2) is 4.57. The van der Waals surface area contributed by atoms with Gasteiger partial charge in [0, 0.05) is 18.8 Å². The minimum absolute atomic E-state index is 0.0115. The molecule has 0 bridgehead atoms. The second-order valence-corrected chi connectivity index (χ2v) is 3.69. The van der Waals surface area contributed by atoms with Gasteiger partial charge in [0.1, 0.15) is 0 Å². The van der Waals surface area contributed by atoms with Crippen molar-refractivity contribution in [3.63, 3.8) is 0 Å². The number of aromatic nitrogens is 2. The Labute approximate surface area is 85.0 Å². The summed E-state index contributed by atoms with van der Waals surface area (Å²) >= 11 is 0. The van der Waals surface area contributed by atoms with E-state index in [2.05, 4.69) is 18.9 Å². The first-order chi connectivity index (χ1) is 6.56. The molecule has 0 saturated heterocycles. The van der Waals surface area contributed by atoms with E-state index in [-0.39, 0.29) is 6.04 Å². The van der Waals surface area contributed by atoms with Crippen LogP contribution >= 0.6 is 0 Å². The Kier molecular flexibility index (Phi) is 3.66. The third-order valence-electron chi connectivity index (χ3n) is 2.53. The van der Waals surface area contributed by atoms with Crippen LogP contribution < -0.4 is 5.73 Å². The molecule has 0 aliphatic rings. The Balaban J connectivity index is 2.72. The minimum Gasteiger partial charge on any atom is -0.383 e. The third kappa shape index (κ3) is 2.33. The zero-order valence-electron chi connectivity index (χ0n) is 9.37. The van der Waals surface area contributed by atoms with E-state index in [1.165, 1.54) is 11.3 Å². The van der Waals surface area contributed by atoms with Crippen molar-refractivity contribution in [2.45, 2.75) is 33.4 Å². The van der Waals surface area contributed by atoms with Gasteiger partial charge in [-0.15, -0.1) is 0 Å². The van der Waals surface area contributed by atoms with Crippen LogP contribution in [-0.2, 0) is 11.3 Å². The van der Waals surface area contributed by atoms with Crippen LogP contribution in [0.1, 0.15) is 17.0 Å². The summed E-state index contributed by atoms with van der Waals surface area (Å²) in [5.74, 6) is 0. The highest BCUT2D eigenvalue weighted by Crippen LogP contribution is 2.10. The number of methoxy groups -OCH3 is 1. The van der Waals surface area contributed by atoms with Crippen LogP contribution in [0.15, 0.2) is 0 Å². The topological polar surface area (TPSA) is 53.1 Å². The van der Waals surface area contributed by atoms with Crippen LogP contribution in [0.25, 0.3) is 0 Å². The van der Waals surface area contributed by atoms with E-state index in [1.807, 2.05) is 11.6 Å². The van der Waals surface area contributed by atoms with Gasteiger partial charge >= 0.3 is 0 Å². The fourth-order valence-electron chi connectivity index (χ4n) is 1.45. The van der Waals surface area contributed by atoms with E-state index in [9.17, 15) is 0 Å². The number of aryl methyl sites for hydroxylation is 1. The number of hydrogen-bond acceptors (Lipinski definition) is 3. The highest BCUT2D eigenvalue weighted by molar-refractivity contribution is 5.22. The molecular weight excluding hydrogens is 178 g/mol. The normalized spacial score (nSPS) is 13.2. The lowest BCUT2D eigenvalue weighted by molar-refractivity contribution is 0.172. The van der Waals surface area contributed by atoms with Crippen LogP contribution in [-0.4, -0.2) is 29.5 Å². The summed E-state index contributed by atoms with van der Waals surface area (Å²) in [5, 5.41) is 4.41. The van der Waals surface area contributed by atoms with E-state index >= 15 is 0 Å². The summed E-state index contributed by atoms with van der Waals surface area (Å²) in [6.45, 7) is 7.44. The summed E-state index contributed by atoms with van der Waals surface area (Å²) in [5.41, 5.74) is 9.37. The van der Waals surface area contributed by atoms with Crippen molar-refractivity contribution in [2.24, 2.45) is 5.73 Å². The first-order valence-corrected chi connectivity index (χ1v) is 4.81. The van der Waals surface area contributed by atoms with E-state index in [1.54, 1.807) is 7.11 Å². The molecule has 0 aliphatic heterocycles. The van der Waals surface area contributed by atoms with Gasteiger partial charge in [-0.05, 0) is 26.3 Å². The van der Waals surface area contributed by atoms with Crippen LogP contribution in [0.3, 0.4) is 0 Å². The molecule has 1 aromatic rings. The average Bonchev–Trinajstić information content (AvgIpc) is 2.34. The second-order valence-electron chi connectivity index (χ2n) is 3.69. The Hall–Kier alpha value is -0.870. The Bertz CT molecular complexity index is 307. The highest BCUT2D eigenvalue weighted by Gasteiger charge is 2.10. The molecule has 1 atom stereocenters. The molecule has 1 aromatic heterocycles. The average molecular weight is 197 g/mol. The van der Waals surface area contributed by atoms with Gasteiger partial charge in [0.05, 0.1) is 18.8 Å². The molecule has 0 amide bonds. The summed E-state index contributed by atoms with van der Waals surface area (Å²) in [4.78, 5) is 0. The van der Waals surface area contributed by atoms with E-state index in [0.717, 1.165) is 5.69 Å². The summed E-state index contributed by atoms with van der Waals surface area (Å²) < 4.78 is 6.94. The van der Waals surface area contributed by atoms with Crippen molar-refractivity contribution in [2.75, 3.05) is 13.7 Å². The fraction of sp³-hybridized carbons (Fsp3) is 0.700. The van der Waals surface area contributed by atoms with Gasteiger partial charge in [0.2, 0.25) is 0 Å². The predicted molar refractivity (Wildman–Crippen MR) is 56.3 cm³/mol. The van der Waals surface area contributed by atoms with Crippen molar-refractivity contribution < 1.29 is 4.74 Å². The number of ether oxygens (including phenoxy) is 1. The van der Waals surface area contributed by atoms with Gasteiger partial charge in [0.25, 0.3) is 0 Å². The molecular formula is C10H19N3O. The molecule has 0 spiro atoms. The van der Waals surface area contributed by atoms with E-state index in [4.69, 9.17) is 10.5 Å². The van der Waals surface area contributed by atoms with Crippen molar-refractivity contribution in [1.82, 2.24) is 9.78 Å². The lowest BCUT2D eigenvalue weighted by Gasteiger charge is -2.11. The monoisotopic (exact) mass is 197 g/mol. The molecule has 0 radical (unpaired) electrons. The van der Waals surface area contributed by atoms with Crippen LogP contribution in [0.2, 0.25) is 0 Å². The number of hydrogen-bond donors (Lipinski definition) is 1. The third-order valence-corrected chi connectivity index (χ3v) is 2.53. The van der Waals surface area contributed by atoms with Crippen molar-refractivity contribution in [1.29, 1.82) is 0 Å². The molecule has 80 valence electrons. The van der Waals surface area contributed by atoms with Crippen molar-refractivity contribution in [3.05, 3.63) is 17.0 Å². The quantitative estimate of drug-likeness (QED) is 0.776. The summed E-state index contributed by atoms with van der Waals surface area (Å²) in [6, 6.07) is 0.0115. The fourth-order valence-corrected chi connectivity index (χ4v) is 1.45. The van der Waals surface area contributed by atoms with Crippen LogP contribution in [0, 0.1) is 20.8 Å². The van der Waals surface area contributed by atoms with Gasteiger partial charge in [-0.25, -0.2) is 0 Å². The molecule has 1 heterocycles. The van der Waals surface area contributed by atoms with Crippen molar-refractivity contribution >= 4 is 0 Å². The molecule has 4 heteroatoms. The number of nitrogens with zero attached hydrogens (tertiary/aromatic N) is 2. The molecule has 0 saturated carbocycles. The first-order valence-electron chi connectivity index (χ1n) is 4.81. The molecule has 4 nitrogen and oxygen atoms in total. The first kappa shape index (κ1) is 11.2. The van der Waals surface area contributed by atoms with Gasteiger partial charge in [-0.2, -0.15) is 5.10 Å². The molecule has 0 fully saturated rings. The lowest BCUT2D eigenvalue weighted by Crippen LogP contribution is -2.31. The Morgan fingerprint density at radius 3 is 2.50 bits per heavy atom. The molecule has 0 aliphatic carbocycles. The van der Waals surface area contributed by atoms with Crippen LogP contribution in [0.5, 0.6) is 0 Å². The SMILES string of the molecule is COCC(N)Cn1nc(C)c(C)c1C. The maximum absolute atomic E-state index is 5.86. The Morgan fingerprint density at radius 2 is 2.07 bits per heavy atom. The minimum atomic E-state index is 0.0115.